The fourth-order valence-corrected chi connectivity index (χ4v) is 4.36. The monoisotopic (exact) mass is 342 g/mol. The Morgan fingerprint density at radius 3 is 2.64 bits per heavy atom. The number of likely N-dealkylation sites (tertiary alicyclic amines) is 1. The van der Waals surface area contributed by atoms with Gasteiger partial charge in [0.25, 0.3) is 5.91 Å². The summed E-state index contributed by atoms with van der Waals surface area (Å²) in [5, 5.41) is 2.83. The van der Waals surface area contributed by atoms with Gasteiger partial charge in [0, 0.05) is 18.9 Å². The van der Waals surface area contributed by atoms with E-state index in [2.05, 4.69) is 10.3 Å². The third kappa shape index (κ3) is 2.67. The maximum atomic E-state index is 12.8. The topological polar surface area (TPSA) is 82.6 Å². The lowest BCUT2D eigenvalue weighted by Crippen LogP contribution is -2.46. The highest BCUT2D eigenvalue weighted by Gasteiger charge is 2.53. The Morgan fingerprint density at radius 2 is 1.92 bits per heavy atom. The predicted octanol–water partition coefficient (Wildman–Crippen LogP) is 1.61. The zero-order valence-electron chi connectivity index (χ0n) is 14.1. The number of imide groups is 1. The van der Waals surface area contributed by atoms with Crippen molar-refractivity contribution in [3.8, 4) is 0 Å². The highest BCUT2D eigenvalue weighted by Crippen LogP contribution is 2.36. The molecule has 0 bridgehead atoms. The van der Waals surface area contributed by atoms with Gasteiger partial charge >= 0.3 is 6.03 Å². The molecule has 1 atom stereocenters. The first-order chi connectivity index (χ1) is 12.1. The number of urea groups is 1. The largest absolute Gasteiger partial charge is 0.334 e. The van der Waals surface area contributed by atoms with Gasteiger partial charge in [0.15, 0.2) is 0 Å². The molecule has 1 spiro atoms. The average molecular weight is 342 g/mol. The van der Waals surface area contributed by atoms with Gasteiger partial charge in [-0.1, -0.05) is 12.8 Å². The lowest BCUT2D eigenvalue weighted by molar-refractivity contribution is -0.139. The molecule has 132 valence electrons. The molecule has 0 aromatic carbocycles. The van der Waals surface area contributed by atoms with E-state index in [-0.39, 0.29) is 24.4 Å². The second-order valence-electron chi connectivity index (χ2n) is 7.14. The van der Waals surface area contributed by atoms with Crippen LogP contribution in [-0.2, 0) is 9.59 Å². The minimum absolute atomic E-state index is 0.00305. The molecule has 2 saturated heterocycles. The number of hydrogen-bond donors (Lipinski definition) is 1. The van der Waals surface area contributed by atoms with E-state index in [0.717, 1.165) is 36.1 Å². The predicted molar refractivity (Wildman–Crippen MR) is 89.4 cm³/mol. The van der Waals surface area contributed by atoms with E-state index in [4.69, 9.17) is 0 Å². The highest BCUT2D eigenvalue weighted by molar-refractivity contribution is 6.09. The van der Waals surface area contributed by atoms with Gasteiger partial charge in [0.05, 0.1) is 6.04 Å². The van der Waals surface area contributed by atoms with Gasteiger partial charge in [-0.25, -0.2) is 4.79 Å². The van der Waals surface area contributed by atoms with Crippen LogP contribution in [0.15, 0.2) is 24.5 Å². The summed E-state index contributed by atoms with van der Waals surface area (Å²) in [7, 11) is 0. The standard InChI is InChI=1S/C18H22N4O3/c23-15(21-11-3-4-14(21)13-5-9-19-10-6-13)12-22-16(24)18(20-17(22)25)7-1-2-8-18/h5-6,9-10,14H,1-4,7-8,11-12H2,(H,20,25)/t14-/m1/s1. The molecule has 25 heavy (non-hydrogen) atoms. The highest BCUT2D eigenvalue weighted by atomic mass is 16.2. The quantitative estimate of drug-likeness (QED) is 0.846. The van der Waals surface area contributed by atoms with Crippen molar-refractivity contribution in [2.24, 2.45) is 0 Å². The Balaban J connectivity index is 1.48. The van der Waals surface area contributed by atoms with Gasteiger partial charge in [0.1, 0.15) is 12.1 Å². The fourth-order valence-electron chi connectivity index (χ4n) is 4.36. The molecule has 3 fully saturated rings. The number of pyridine rings is 1. The minimum atomic E-state index is -0.757. The van der Waals surface area contributed by atoms with Crippen molar-refractivity contribution in [1.29, 1.82) is 0 Å². The van der Waals surface area contributed by atoms with Gasteiger partial charge < -0.3 is 10.2 Å². The number of rotatable bonds is 3. The minimum Gasteiger partial charge on any atom is -0.334 e. The third-order valence-corrected chi connectivity index (χ3v) is 5.66. The summed E-state index contributed by atoms with van der Waals surface area (Å²) in [5.74, 6) is -0.402. The molecule has 1 aromatic rings. The lowest BCUT2D eigenvalue weighted by atomic mass is 9.98. The first-order valence-corrected chi connectivity index (χ1v) is 8.94. The SMILES string of the molecule is O=C1NC2(CCCC2)C(=O)N1CC(=O)N1CCC[C@@H]1c1ccncc1. The van der Waals surface area contributed by atoms with E-state index in [1.807, 2.05) is 12.1 Å². The smallest absolute Gasteiger partial charge is 0.325 e. The summed E-state index contributed by atoms with van der Waals surface area (Å²) in [4.78, 5) is 44.7. The summed E-state index contributed by atoms with van der Waals surface area (Å²) in [5.41, 5.74) is 0.290. The second-order valence-corrected chi connectivity index (χ2v) is 7.14. The second kappa shape index (κ2) is 6.13. The number of amides is 4. The summed E-state index contributed by atoms with van der Waals surface area (Å²) < 4.78 is 0. The Hall–Kier alpha value is -2.44. The molecule has 1 saturated carbocycles. The van der Waals surface area contributed by atoms with Gasteiger partial charge in [-0.3, -0.25) is 19.5 Å². The summed E-state index contributed by atoms with van der Waals surface area (Å²) in [6.45, 7) is 0.481. The van der Waals surface area contributed by atoms with Gasteiger partial charge in [-0.2, -0.15) is 0 Å². The molecule has 1 N–H and O–H groups in total. The molecule has 1 aromatic heterocycles. The van der Waals surface area contributed by atoms with E-state index < -0.39 is 11.6 Å². The molecule has 7 nitrogen and oxygen atoms in total. The Labute approximate surface area is 146 Å². The van der Waals surface area contributed by atoms with Crippen LogP contribution in [0.1, 0.15) is 50.1 Å². The average Bonchev–Trinajstić information content (AvgIpc) is 3.33. The Morgan fingerprint density at radius 1 is 1.20 bits per heavy atom. The van der Waals surface area contributed by atoms with Crippen LogP contribution in [-0.4, -0.2) is 51.3 Å². The van der Waals surface area contributed by atoms with Crippen molar-refractivity contribution in [2.45, 2.75) is 50.1 Å². The molecule has 4 amide bonds. The Bertz CT molecular complexity index is 700. The number of carbonyl (C=O) groups excluding carboxylic acids is 3. The van der Waals surface area contributed by atoms with Gasteiger partial charge in [-0.05, 0) is 43.4 Å². The van der Waals surface area contributed by atoms with Gasteiger partial charge in [0.2, 0.25) is 5.91 Å². The zero-order chi connectivity index (χ0) is 17.4. The van der Waals surface area contributed by atoms with Crippen molar-refractivity contribution >= 4 is 17.8 Å². The lowest BCUT2D eigenvalue weighted by Gasteiger charge is -2.27. The van der Waals surface area contributed by atoms with E-state index in [0.29, 0.717) is 19.4 Å². The van der Waals surface area contributed by atoms with Gasteiger partial charge in [-0.15, -0.1) is 0 Å². The van der Waals surface area contributed by atoms with Crippen molar-refractivity contribution in [2.75, 3.05) is 13.1 Å². The normalized spacial score (nSPS) is 25.0. The maximum absolute atomic E-state index is 12.8. The third-order valence-electron chi connectivity index (χ3n) is 5.66. The number of aromatic nitrogens is 1. The molecule has 4 rings (SSSR count). The number of carbonyl (C=O) groups is 3. The molecular formula is C18H22N4O3. The molecule has 3 aliphatic rings. The maximum Gasteiger partial charge on any atom is 0.325 e. The van der Waals surface area contributed by atoms with Crippen molar-refractivity contribution < 1.29 is 14.4 Å². The molecule has 0 radical (unpaired) electrons. The van der Waals surface area contributed by atoms with Crippen LogP contribution in [0.2, 0.25) is 0 Å². The summed E-state index contributed by atoms with van der Waals surface area (Å²) >= 11 is 0. The first kappa shape index (κ1) is 16.1. The van der Waals surface area contributed by atoms with Crippen LogP contribution >= 0.6 is 0 Å². The van der Waals surface area contributed by atoms with E-state index in [1.165, 1.54) is 0 Å². The van der Waals surface area contributed by atoms with E-state index in [9.17, 15) is 14.4 Å². The molecule has 3 heterocycles. The fraction of sp³-hybridized carbons (Fsp3) is 0.556. The number of nitrogens with zero attached hydrogens (tertiary/aromatic N) is 3. The van der Waals surface area contributed by atoms with Crippen molar-refractivity contribution in [3.63, 3.8) is 0 Å². The van der Waals surface area contributed by atoms with Crippen LogP contribution in [0.3, 0.4) is 0 Å². The van der Waals surface area contributed by atoms with Crippen molar-refractivity contribution in [3.05, 3.63) is 30.1 Å². The zero-order valence-corrected chi connectivity index (χ0v) is 14.1. The summed E-state index contributed by atoms with van der Waals surface area (Å²) in [6.07, 6.45) is 8.46. The van der Waals surface area contributed by atoms with E-state index in [1.54, 1.807) is 17.3 Å². The Kier molecular flexibility index (Phi) is 3.94. The summed E-state index contributed by atoms with van der Waals surface area (Å²) in [6, 6.07) is 3.39. The molecule has 7 heteroatoms. The van der Waals surface area contributed by atoms with Crippen LogP contribution in [0.5, 0.6) is 0 Å². The van der Waals surface area contributed by atoms with Crippen molar-refractivity contribution in [1.82, 2.24) is 20.1 Å². The van der Waals surface area contributed by atoms with Crippen LogP contribution in [0, 0.1) is 0 Å². The van der Waals surface area contributed by atoms with Crippen LogP contribution < -0.4 is 5.32 Å². The first-order valence-electron chi connectivity index (χ1n) is 8.94. The van der Waals surface area contributed by atoms with Crippen LogP contribution in [0.4, 0.5) is 4.79 Å². The molecule has 0 unspecified atom stereocenters. The van der Waals surface area contributed by atoms with E-state index >= 15 is 0 Å². The molecule has 1 aliphatic carbocycles. The van der Waals surface area contributed by atoms with Crippen LogP contribution in [0.25, 0.3) is 0 Å². The number of nitrogens with one attached hydrogen (secondary N) is 1. The number of hydrogen-bond acceptors (Lipinski definition) is 4. The molecular weight excluding hydrogens is 320 g/mol. The molecule has 2 aliphatic heterocycles.